The van der Waals surface area contributed by atoms with Gasteiger partial charge in [-0.25, -0.2) is 9.78 Å². The number of hydrogen-bond acceptors (Lipinski definition) is 4. The van der Waals surface area contributed by atoms with Crippen LogP contribution in [0.5, 0.6) is 0 Å². The van der Waals surface area contributed by atoms with Gasteiger partial charge in [0.2, 0.25) is 0 Å². The van der Waals surface area contributed by atoms with Crippen LogP contribution in [-0.4, -0.2) is 50.4 Å². The topological polar surface area (TPSA) is 67.6 Å². The van der Waals surface area contributed by atoms with Crippen LogP contribution in [0.3, 0.4) is 0 Å². The summed E-state index contributed by atoms with van der Waals surface area (Å²) in [6, 6.07) is 0. The number of hydrogen-bond donors (Lipinski definition) is 1. The molecule has 0 aliphatic carbocycles. The van der Waals surface area contributed by atoms with Crippen molar-refractivity contribution in [1.82, 2.24) is 14.5 Å². The molecule has 0 unspecified atom stereocenters. The van der Waals surface area contributed by atoms with Gasteiger partial charge in [0.15, 0.2) is 0 Å². The largest absolute Gasteiger partial charge is 0.444 e. The first-order valence-electron chi connectivity index (χ1n) is 6.40. The summed E-state index contributed by atoms with van der Waals surface area (Å²) in [5.74, 6) is -0.145. The summed E-state index contributed by atoms with van der Waals surface area (Å²) in [5.41, 5.74) is 0.284. The standard InChI is InChI=1S/C13H21N3O3/c1-13(2,3)19-12(18)16-5-9(11(17)7-16)10-6-15(4)8-14-10/h6,8-9,11,17H,5,7H2,1-4H3/t9-,11+/m0/s1. The highest BCUT2D eigenvalue weighted by Gasteiger charge is 2.37. The zero-order chi connectivity index (χ0) is 14.2. The Morgan fingerprint density at radius 3 is 2.68 bits per heavy atom. The van der Waals surface area contributed by atoms with Gasteiger partial charge < -0.3 is 19.3 Å². The number of aromatic nitrogens is 2. The zero-order valence-electron chi connectivity index (χ0n) is 11.8. The van der Waals surface area contributed by atoms with Crippen molar-refractivity contribution in [3.05, 3.63) is 18.2 Å². The van der Waals surface area contributed by atoms with E-state index in [4.69, 9.17) is 4.74 Å². The summed E-state index contributed by atoms with van der Waals surface area (Å²) in [6.07, 6.45) is 2.58. The number of amides is 1. The fourth-order valence-corrected chi connectivity index (χ4v) is 2.18. The fraction of sp³-hybridized carbons (Fsp3) is 0.692. The Morgan fingerprint density at radius 1 is 1.47 bits per heavy atom. The molecule has 106 valence electrons. The molecule has 1 N–H and O–H groups in total. The quantitative estimate of drug-likeness (QED) is 0.828. The maximum absolute atomic E-state index is 12.0. The maximum atomic E-state index is 12.0. The number of nitrogens with zero attached hydrogens (tertiary/aromatic N) is 3. The molecule has 0 aromatic carbocycles. The van der Waals surface area contributed by atoms with Gasteiger partial charge in [-0.05, 0) is 20.8 Å². The molecule has 2 atom stereocenters. The van der Waals surface area contributed by atoms with E-state index < -0.39 is 11.7 Å². The third kappa shape index (κ3) is 3.26. The SMILES string of the molecule is Cn1cnc([C@@H]2CN(C(=O)OC(C)(C)C)C[C@H]2O)c1. The molecule has 1 amide bonds. The summed E-state index contributed by atoms with van der Waals surface area (Å²) in [5, 5.41) is 10.1. The monoisotopic (exact) mass is 267 g/mol. The summed E-state index contributed by atoms with van der Waals surface area (Å²) in [4.78, 5) is 17.7. The number of carbonyl (C=O) groups is 1. The molecule has 0 radical (unpaired) electrons. The van der Waals surface area contributed by atoms with Crippen molar-refractivity contribution in [2.75, 3.05) is 13.1 Å². The molecule has 19 heavy (non-hydrogen) atoms. The fourth-order valence-electron chi connectivity index (χ4n) is 2.18. The number of aliphatic hydroxyl groups excluding tert-OH is 1. The lowest BCUT2D eigenvalue weighted by Crippen LogP contribution is -2.35. The first kappa shape index (κ1) is 13.9. The Bertz CT molecular complexity index is 464. The van der Waals surface area contributed by atoms with E-state index in [-0.39, 0.29) is 18.6 Å². The highest BCUT2D eigenvalue weighted by Crippen LogP contribution is 2.27. The van der Waals surface area contributed by atoms with Crippen molar-refractivity contribution < 1.29 is 14.6 Å². The molecule has 1 saturated heterocycles. The molecular formula is C13H21N3O3. The van der Waals surface area contributed by atoms with Crippen LogP contribution in [0.4, 0.5) is 4.79 Å². The molecule has 0 saturated carbocycles. The highest BCUT2D eigenvalue weighted by molar-refractivity contribution is 5.68. The second kappa shape index (κ2) is 4.85. The van der Waals surface area contributed by atoms with Crippen molar-refractivity contribution in [3.63, 3.8) is 0 Å². The van der Waals surface area contributed by atoms with Crippen LogP contribution in [0.15, 0.2) is 12.5 Å². The highest BCUT2D eigenvalue weighted by atomic mass is 16.6. The molecule has 2 heterocycles. The lowest BCUT2D eigenvalue weighted by atomic mass is 10.0. The number of likely N-dealkylation sites (tertiary alicyclic amines) is 1. The molecule has 1 aliphatic rings. The summed E-state index contributed by atoms with van der Waals surface area (Å²) < 4.78 is 7.14. The first-order valence-corrected chi connectivity index (χ1v) is 6.40. The molecule has 0 spiro atoms. The van der Waals surface area contributed by atoms with E-state index >= 15 is 0 Å². The van der Waals surface area contributed by atoms with Gasteiger partial charge >= 0.3 is 6.09 Å². The Labute approximate surface area is 113 Å². The summed E-state index contributed by atoms with van der Waals surface area (Å²) in [6.45, 7) is 6.21. The van der Waals surface area contributed by atoms with Gasteiger partial charge in [-0.1, -0.05) is 0 Å². The van der Waals surface area contributed by atoms with Gasteiger partial charge in [0.05, 0.1) is 24.7 Å². The van der Waals surface area contributed by atoms with Crippen molar-refractivity contribution in [2.45, 2.75) is 38.4 Å². The van der Waals surface area contributed by atoms with Gasteiger partial charge in [-0.2, -0.15) is 0 Å². The average molecular weight is 267 g/mol. The molecule has 6 heteroatoms. The summed E-state index contributed by atoms with van der Waals surface area (Å²) >= 11 is 0. The van der Waals surface area contributed by atoms with Gasteiger partial charge in [0.25, 0.3) is 0 Å². The van der Waals surface area contributed by atoms with Crippen LogP contribution in [0.1, 0.15) is 32.4 Å². The van der Waals surface area contributed by atoms with E-state index in [1.165, 1.54) is 4.90 Å². The zero-order valence-corrected chi connectivity index (χ0v) is 11.8. The molecule has 2 rings (SSSR count). The van der Waals surface area contributed by atoms with E-state index in [1.807, 2.05) is 38.6 Å². The molecule has 1 aromatic heterocycles. The van der Waals surface area contributed by atoms with Crippen LogP contribution >= 0.6 is 0 Å². The number of β-amino-alcohol motifs (C(OH)–C–C–N with tert-alkyl or cyclic N) is 1. The van der Waals surface area contributed by atoms with Gasteiger partial charge in [0, 0.05) is 25.7 Å². The van der Waals surface area contributed by atoms with E-state index in [0.29, 0.717) is 6.54 Å². The van der Waals surface area contributed by atoms with Gasteiger partial charge in [-0.15, -0.1) is 0 Å². The second-order valence-corrected chi connectivity index (χ2v) is 6.02. The van der Waals surface area contributed by atoms with Crippen molar-refractivity contribution >= 4 is 6.09 Å². The molecule has 1 aliphatic heterocycles. The minimum absolute atomic E-state index is 0.145. The van der Waals surface area contributed by atoms with Crippen LogP contribution in [0.2, 0.25) is 0 Å². The molecule has 1 fully saturated rings. The second-order valence-electron chi connectivity index (χ2n) is 6.02. The minimum Gasteiger partial charge on any atom is -0.444 e. The van der Waals surface area contributed by atoms with Crippen LogP contribution in [0, 0.1) is 0 Å². The molecule has 1 aromatic rings. The molecule has 6 nitrogen and oxygen atoms in total. The lowest BCUT2D eigenvalue weighted by molar-refractivity contribution is 0.0270. The molecule has 0 bridgehead atoms. The third-order valence-electron chi connectivity index (χ3n) is 3.05. The summed E-state index contributed by atoms with van der Waals surface area (Å²) in [7, 11) is 1.88. The Balaban J connectivity index is 2.03. The number of ether oxygens (including phenoxy) is 1. The number of rotatable bonds is 1. The van der Waals surface area contributed by atoms with Crippen molar-refractivity contribution in [2.24, 2.45) is 7.05 Å². The van der Waals surface area contributed by atoms with Gasteiger partial charge in [0.1, 0.15) is 5.60 Å². The first-order chi connectivity index (χ1) is 8.76. The number of aliphatic hydroxyl groups is 1. The number of carbonyl (C=O) groups excluding carboxylic acids is 1. The Morgan fingerprint density at radius 2 is 2.16 bits per heavy atom. The lowest BCUT2D eigenvalue weighted by Gasteiger charge is -2.24. The predicted molar refractivity (Wildman–Crippen MR) is 69.8 cm³/mol. The Kier molecular flexibility index (Phi) is 3.54. The van der Waals surface area contributed by atoms with E-state index in [0.717, 1.165) is 5.69 Å². The minimum atomic E-state index is -0.595. The van der Waals surface area contributed by atoms with Crippen molar-refractivity contribution in [1.29, 1.82) is 0 Å². The number of aryl methyl sites for hydroxylation is 1. The number of imidazole rings is 1. The maximum Gasteiger partial charge on any atom is 0.410 e. The van der Waals surface area contributed by atoms with Crippen LogP contribution in [-0.2, 0) is 11.8 Å². The predicted octanol–water partition coefficient (Wildman–Crippen LogP) is 1.12. The van der Waals surface area contributed by atoms with Crippen LogP contribution in [0.25, 0.3) is 0 Å². The normalized spacial score (nSPS) is 23.7. The van der Waals surface area contributed by atoms with Gasteiger partial charge in [-0.3, -0.25) is 0 Å². The third-order valence-corrected chi connectivity index (χ3v) is 3.05. The van der Waals surface area contributed by atoms with E-state index in [1.54, 1.807) is 6.33 Å². The van der Waals surface area contributed by atoms with Crippen LogP contribution < -0.4 is 0 Å². The van der Waals surface area contributed by atoms with E-state index in [2.05, 4.69) is 4.98 Å². The average Bonchev–Trinajstić information content (AvgIpc) is 2.82. The van der Waals surface area contributed by atoms with E-state index in [9.17, 15) is 9.90 Å². The molecular weight excluding hydrogens is 246 g/mol. The smallest absolute Gasteiger partial charge is 0.410 e. The van der Waals surface area contributed by atoms with Crippen molar-refractivity contribution in [3.8, 4) is 0 Å². The Hall–Kier alpha value is -1.56.